The number of rotatable bonds is 40. The van der Waals surface area contributed by atoms with Crippen LogP contribution in [0.2, 0.25) is 0 Å². The third-order valence-electron chi connectivity index (χ3n) is 7.98. The summed E-state index contributed by atoms with van der Waals surface area (Å²) in [6, 6.07) is -2.06. The maximum absolute atomic E-state index is 13.3. The molecule has 0 aromatic heterocycles. The first-order chi connectivity index (χ1) is 36.9. The van der Waals surface area contributed by atoms with Gasteiger partial charge in [0.2, 0.25) is 6.41 Å². The highest BCUT2D eigenvalue weighted by Gasteiger charge is 2.27. The topological polar surface area (TPSA) is 358 Å². The Balaban J connectivity index is -0.000000635. The minimum atomic E-state index is -1.13. The number of carbonyl (C=O) groups is 15. The zero-order valence-corrected chi connectivity index (χ0v) is 45.4. The van der Waals surface area contributed by atoms with Crippen molar-refractivity contribution in [1.82, 2.24) is 15.1 Å². The van der Waals surface area contributed by atoms with E-state index in [0.717, 1.165) is 58.6 Å². The van der Waals surface area contributed by atoms with Crippen molar-refractivity contribution in [3.8, 4) is 0 Å². The number of nitrogens with one attached hydrogen (secondary N) is 1. The lowest BCUT2D eigenvalue weighted by atomic mass is 10.3. The van der Waals surface area contributed by atoms with Crippen LogP contribution in [0.4, 0.5) is 9.59 Å². The minimum Gasteiger partial charge on any atom is -0.464 e. The molecule has 79 heavy (non-hydrogen) atoms. The summed E-state index contributed by atoms with van der Waals surface area (Å²) >= 11 is 2.61. The fourth-order valence-electron chi connectivity index (χ4n) is 4.48. The SMILES string of the molecule is C.C.C=CC.C=CC(=O)OCCOC(=O)CCC(=O)SCCC(=O)OCCN(CCOC)C(=O)N(CCOC(=O)CCSC(=O)CCC(=O)OCCOC=O)C(=O)NC=O.C=CC(=O)OCCOC(=O)CCC(=O)SCCC=O. The maximum atomic E-state index is 13.3. The number of methoxy groups -OCH3 is 1. The van der Waals surface area contributed by atoms with E-state index in [-0.39, 0.29) is 172 Å². The summed E-state index contributed by atoms with van der Waals surface area (Å²) in [4.78, 5) is 174. The molecule has 5 amide bonds. The summed E-state index contributed by atoms with van der Waals surface area (Å²) in [6.07, 6.45) is 3.73. The lowest BCUT2D eigenvalue weighted by molar-refractivity contribution is -0.150. The molecule has 1 N–H and O–H groups in total. The van der Waals surface area contributed by atoms with E-state index < -0.39 is 67.0 Å². The van der Waals surface area contributed by atoms with Crippen LogP contribution < -0.4 is 5.32 Å². The quantitative estimate of drug-likeness (QED) is 0.0229. The number of imide groups is 2. The fraction of sp³-hybridized carbons (Fsp3) is 0.571. The second-order valence-corrected chi connectivity index (χ2v) is 17.3. The minimum absolute atomic E-state index is 0. The molecule has 0 atom stereocenters. The van der Waals surface area contributed by atoms with Crippen molar-refractivity contribution in [2.45, 2.75) is 79.6 Å². The van der Waals surface area contributed by atoms with Crippen molar-refractivity contribution in [3.63, 3.8) is 0 Å². The molecule has 0 spiro atoms. The highest BCUT2D eigenvalue weighted by molar-refractivity contribution is 8.14. The smallest absolute Gasteiger partial charge is 0.332 e. The molecule has 0 aliphatic carbocycles. The van der Waals surface area contributed by atoms with Gasteiger partial charge in [-0.15, -0.1) is 6.58 Å². The lowest BCUT2D eigenvalue weighted by Crippen LogP contribution is -2.52. The van der Waals surface area contributed by atoms with Gasteiger partial charge >= 0.3 is 53.8 Å². The van der Waals surface area contributed by atoms with Gasteiger partial charge in [-0.25, -0.2) is 24.1 Å². The summed E-state index contributed by atoms with van der Waals surface area (Å²) in [5.74, 6) is -4.09. The number of aldehydes is 1. The van der Waals surface area contributed by atoms with Crippen LogP contribution in [0.15, 0.2) is 38.0 Å². The summed E-state index contributed by atoms with van der Waals surface area (Å²) in [6.45, 7) is 9.67. The molecule has 0 heterocycles. The Morgan fingerprint density at radius 2 is 0.848 bits per heavy atom. The number of hydrogen-bond donors (Lipinski definition) is 1. The molecular formula is C49H75N3O24S3. The number of thioether (sulfide) groups is 3. The summed E-state index contributed by atoms with van der Waals surface area (Å²) in [5.41, 5.74) is 0. The first-order valence-electron chi connectivity index (χ1n) is 23.1. The Kier molecular flexibility index (Phi) is 58.7. The monoisotopic (exact) mass is 1190 g/mol. The molecule has 30 heteroatoms. The van der Waals surface area contributed by atoms with Crippen molar-refractivity contribution in [1.29, 1.82) is 0 Å². The number of allylic oxidation sites excluding steroid dienone is 1. The predicted molar refractivity (Wildman–Crippen MR) is 289 cm³/mol. The summed E-state index contributed by atoms with van der Waals surface area (Å²) in [5, 5.41) is 0.915. The van der Waals surface area contributed by atoms with Gasteiger partial charge < -0.3 is 52.3 Å². The number of ether oxygens (including phenoxy) is 9. The van der Waals surface area contributed by atoms with Crippen molar-refractivity contribution in [2.75, 3.05) is 103 Å². The third kappa shape index (κ3) is 52.9. The zero-order valence-electron chi connectivity index (χ0n) is 43.0. The van der Waals surface area contributed by atoms with Crippen LogP contribution in [0.25, 0.3) is 0 Å². The van der Waals surface area contributed by atoms with Crippen LogP contribution in [0, 0.1) is 0 Å². The first-order valence-corrected chi connectivity index (χ1v) is 26.0. The van der Waals surface area contributed by atoms with Crippen LogP contribution in [0.3, 0.4) is 0 Å². The molecular weight excluding hydrogens is 1110 g/mol. The highest BCUT2D eigenvalue weighted by atomic mass is 32.2. The molecule has 0 saturated carbocycles. The average molecular weight is 1190 g/mol. The molecule has 0 saturated heterocycles. The van der Waals surface area contributed by atoms with E-state index in [0.29, 0.717) is 17.1 Å². The normalized spacial score (nSPS) is 9.49. The van der Waals surface area contributed by atoms with Crippen LogP contribution in [-0.2, 0) is 105 Å². The Hall–Kier alpha value is -6.92. The number of carbonyl (C=O) groups excluding carboxylic acids is 15. The second-order valence-electron chi connectivity index (χ2n) is 13.8. The standard InChI is InChI=1S/C32H45N3O18S2.C12H16O6S.C3H6.2CH4/c1-3-24(38)51-18-19-53-26(40)5-7-30(44)54-20-8-27(41)49-14-11-34(10-13-47-2)32(46)35(31(45)33-22-36)12-15-50-28(42)9-21-55-29(43)6-4-25(39)52-17-16-48-23-37;1-2-10(14)17-7-8-18-11(15)4-5-12(16)19-9-3-6-13;1-3-2;;/h3,22-23H,1,4-21H2,2H3,(H,33,36,45);2,6H,1,3-5,7-9H2;3H,1H2,2H3;2*1H4. The molecule has 0 bridgehead atoms. The first kappa shape index (κ1) is 80.9. The number of urea groups is 2. The molecule has 0 unspecified atom stereocenters. The molecule has 0 aromatic rings. The van der Waals surface area contributed by atoms with Crippen LogP contribution in [0.1, 0.15) is 79.6 Å². The number of nitrogens with zero attached hydrogens (tertiary/aromatic N) is 2. The molecule has 0 aliphatic rings. The van der Waals surface area contributed by atoms with Gasteiger partial charge in [0.05, 0.1) is 51.8 Å². The van der Waals surface area contributed by atoms with E-state index in [1.54, 1.807) is 6.08 Å². The van der Waals surface area contributed by atoms with Gasteiger partial charge in [0.25, 0.3) is 6.47 Å². The van der Waals surface area contributed by atoms with E-state index in [4.69, 9.17) is 28.4 Å². The van der Waals surface area contributed by atoms with Gasteiger partial charge in [-0.2, -0.15) is 0 Å². The van der Waals surface area contributed by atoms with E-state index in [9.17, 15) is 71.9 Å². The molecule has 448 valence electrons. The largest absolute Gasteiger partial charge is 0.464 e. The van der Waals surface area contributed by atoms with Gasteiger partial charge in [-0.05, 0) is 6.92 Å². The zero-order chi connectivity index (χ0) is 58.5. The van der Waals surface area contributed by atoms with Crippen molar-refractivity contribution >= 4 is 124 Å². The number of hydrogen-bond acceptors (Lipinski definition) is 27. The van der Waals surface area contributed by atoms with Crippen LogP contribution in [0.5, 0.6) is 0 Å². The van der Waals surface area contributed by atoms with Gasteiger partial charge in [-0.3, -0.25) is 53.3 Å². The van der Waals surface area contributed by atoms with E-state index in [1.165, 1.54) is 7.11 Å². The Labute approximate surface area is 472 Å². The van der Waals surface area contributed by atoms with Crippen molar-refractivity contribution < 1.29 is 115 Å². The average Bonchev–Trinajstić information content (AvgIpc) is 3.40. The van der Waals surface area contributed by atoms with Crippen LogP contribution in [-0.4, -0.2) is 202 Å². The van der Waals surface area contributed by atoms with Gasteiger partial charge in [0, 0.05) is 68.7 Å². The Morgan fingerprint density at radius 3 is 1.24 bits per heavy atom. The van der Waals surface area contributed by atoms with Crippen molar-refractivity contribution in [3.05, 3.63) is 38.0 Å². The summed E-state index contributed by atoms with van der Waals surface area (Å²) in [7, 11) is 1.36. The molecule has 0 rings (SSSR count). The molecule has 0 radical (unpaired) electrons. The Bertz CT molecular complexity index is 1920. The number of esters is 7. The van der Waals surface area contributed by atoms with E-state index in [2.05, 4.69) is 33.9 Å². The Morgan fingerprint density at radius 1 is 0.481 bits per heavy atom. The third-order valence-corrected chi connectivity index (χ3v) is 10.8. The van der Waals surface area contributed by atoms with E-state index in [1.807, 2.05) is 12.2 Å². The number of amides is 5. The predicted octanol–water partition coefficient (Wildman–Crippen LogP) is 3.51. The molecule has 0 aromatic carbocycles. The molecule has 0 aliphatic heterocycles. The maximum Gasteiger partial charge on any atom is 0.332 e. The van der Waals surface area contributed by atoms with Gasteiger partial charge in [-0.1, -0.05) is 69.4 Å². The molecule has 0 fully saturated rings. The van der Waals surface area contributed by atoms with Crippen LogP contribution >= 0.6 is 35.3 Å². The fourth-order valence-corrected chi connectivity index (χ4v) is 6.65. The van der Waals surface area contributed by atoms with Gasteiger partial charge in [0.1, 0.15) is 59.1 Å². The van der Waals surface area contributed by atoms with E-state index >= 15 is 0 Å². The highest BCUT2D eigenvalue weighted by Crippen LogP contribution is 2.13. The van der Waals surface area contributed by atoms with Gasteiger partial charge in [0.15, 0.2) is 15.3 Å². The summed E-state index contributed by atoms with van der Waals surface area (Å²) < 4.78 is 43.2. The lowest BCUT2D eigenvalue weighted by Gasteiger charge is -2.28. The second kappa shape index (κ2) is 57.3. The van der Waals surface area contributed by atoms with Crippen molar-refractivity contribution in [2.24, 2.45) is 0 Å². The molecule has 27 nitrogen and oxygen atoms in total.